The van der Waals surface area contributed by atoms with Gasteiger partial charge in [-0.25, -0.2) is 0 Å². The number of carbonyl (C=O) groups excluding carboxylic acids is 1. The lowest BCUT2D eigenvalue weighted by atomic mass is 9.97. The van der Waals surface area contributed by atoms with Gasteiger partial charge >= 0.3 is 0 Å². The number of nitrogens with one attached hydrogen (secondary N) is 2. The van der Waals surface area contributed by atoms with Crippen molar-refractivity contribution in [2.24, 2.45) is 0 Å². The molecule has 0 saturated heterocycles. The number of hydrogen-bond donors (Lipinski definition) is 2. The van der Waals surface area contributed by atoms with E-state index in [-0.39, 0.29) is 5.91 Å². The van der Waals surface area contributed by atoms with Gasteiger partial charge in [0, 0.05) is 11.3 Å². The summed E-state index contributed by atoms with van der Waals surface area (Å²) in [5.74, 6) is 0.227. The van der Waals surface area contributed by atoms with Gasteiger partial charge in [0.15, 0.2) is 5.11 Å². The van der Waals surface area contributed by atoms with E-state index in [4.69, 9.17) is 12.2 Å². The number of amides is 1. The number of hydrogen-bond acceptors (Lipinski definition) is 2. The lowest BCUT2D eigenvalue weighted by molar-refractivity contribution is 0.0977. The standard InChI is InChI=1S/C20H24N2OS/c1-4-14(3)17-8-6-7-9-18(17)21-20(24)22-19(23)16-12-10-15(5-2)11-13-16/h6-14H,4-5H2,1-3H3,(H2,21,22,23,24)/t14-/m1/s1. The molecule has 3 nitrogen and oxygen atoms in total. The number of thiocarbonyl (C=S) groups is 1. The minimum absolute atomic E-state index is 0.198. The summed E-state index contributed by atoms with van der Waals surface area (Å²) in [4.78, 5) is 12.3. The van der Waals surface area contributed by atoms with Gasteiger partial charge in [-0.05, 0) is 60.3 Å². The van der Waals surface area contributed by atoms with Crippen molar-refractivity contribution in [2.75, 3.05) is 5.32 Å². The fourth-order valence-corrected chi connectivity index (χ4v) is 2.68. The molecule has 1 amide bonds. The summed E-state index contributed by atoms with van der Waals surface area (Å²) in [6.45, 7) is 6.42. The zero-order valence-electron chi connectivity index (χ0n) is 14.4. The van der Waals surface area contributed by atoms with Crippen LogP contribution in [0.1, 0.15) is 54.6 Å². The smallest absolute Gasteiger partial charge is 0.257 e. The predicted octanol–water partition coefficient (Wildman–Crippen LogP) is 4.89. The van der Waals surface area contributed by atoms with Crippen LogP contribution in [0.15, 0.2) is 48.5 Å². The van der Waals surface area contributed by atoms with E-state index >= 15 is 0 Å². The molecule has 4 heteroatoms. The Morgan fingerprint density at radius 2 is 1.75 bits per heavy atom. The van der Waals surface area contributed by atoms with E-state index in [1.54, 1.807) is 0 Å². The van der Waals surface area contributed by atoms with Crippen molar-refractivity contribution < 1.29 is 4.79 Å². The van der Waals surface area contributed by atoms with Crippen LogP contribution >= 0.6 is 12.2 Å². The quantitative estimate of drug-likeness (QED) is 0.762. The van der Waals surface area contributed by atoms with Crippen molar-refractivity contribution in [3.05, 3.63) is 65.2 Å². The van der Waals surface area contributed by atoms with Gasteiger partial charge in [-0.2, -0.15) is 0 Å². The third-order valence-electron chi connectivity index (χ3n) is 4.20. The van der Waals surface area contributed by atoms with E-state index in [0.717, 1.165) is 18.5 Å². The highest BCUT2D eigenvalue weighted by molar-refractivity contribution is 7.80. The molecule has 2 N–H and O–H groups in total. The Labute approximate surface area is 149 Å². The van der Waals surface area contributed by atoms with Crippen LogP contribution in [-0.4, -0.2) is 11.0 Å². The molecule has 2 rings (SSSR count). The van der Waals surface area contributed by atoms with Crippen LogP contribution in [0, 0.1) is 0 Å². The van der Waals surface area contributed by atoms with Crippen molar-refractivity contribution in [1.82, 2.24) is 5.32 Å². The molecule has 0 radical (unpaired) electrons. The number of aryl methyl sites for hydroxylation is 1. The molecule has 24 heavy (non-hydrogen) atoms. The van der Waals surface area contributed by atoms with Gasteiger partial charge < -0.3 is 5.32 Å². The number of rotatable bonds is 5. The molecule has 0 bridgehead atoms. The number of carbonyl (C=O) groups is 1. The minimum atomic E-state index is -0.198. The van der Waals surface area contributed by atoms with E-state index in [9.17, 15) is 4.79 Å². The average molecular weight is 340 g/mol. The van der Waals surface area contributed by atoms with Crippen LogP contribution in [0.5, 0.6) is 0 Å². The lowest BCUT2D eigenvalue weighted by Crippen LogP contribution is -2.34. The Morgan fingerprint density at radius 1 is 1.08 bits per heavy atom. The highest BCUT2D eigenvalue weighted by Gasteiger charge is 2.12. The Hall–Kier alpha value is -2.20. The number of para-hydroxylation sites is 1. The van der Waals surface area contributed by atoms with Crippen LogP contribution in [0.3, 0.4) is 0 Å². The second kappa shape index (κ2) is 8.60. The molecule has 2 aromatic rings. The SMILES string of the molecule is CCc1ccc(C(=O)NC(=S)Nc2ccccc2[C@H](C)CC)cc1. The third-order valence-corrected chi connectivity index (χ3v) is 4.41. The highest BCUT2D eigenvalue weighted by Crippen LogP contribution is 2.26. The molecule has 1 atom stereocenters. The molecule has 0 saturated carbocycles. The van der Waals surface area contributed by atoms with Gasteiger partial charge in [-0.15, -0.1) is 0 Å². The van der Waals surface area contributed by atoms with Gasteiger partial charge in [0.2, 0.25) is 0 Å². The molecule has 0 heterocycles. The van der Waals surface area contributed by atoms with Gasteiger partial charge in [0.05, 0.1) is 0 Å². The largest absolute Gasteiger partial charge is 0.332 e. The molecular weight excluding hydrogens is 316 g/mol. The summed E-state index contributed by atoms with van der Waals surface area (Å²) >= 11 is 5.30. The Kier molecular flexibility index (Phi) is 6.50. The molecular formula is C20H24N2OS. The second-order valence-electron chi connectivity index (χ2n) is 5.86. The molecule has 0 aliphatic rings. The maximum atomic E-state index is 12.3. The second-order valence-corrected chi connectivity index (χ2v) is 6.26. The van der Waals surface area contributed by atoms with E-state index in [1.807, 2.05) is 42.5 Å². The molecule has 0 aliphatic heterocycles. The zero-order chi connectivity index (χ0) is 17.5. The first-order valence-corrected chi connectivity index (χ1v) is 8.76. The maximum absolute atomic E-state index is 12.3. The van der Waals surface area contributed by atoms with Gasteiger partial charge in [0.25, 0.3) is 5.91 Å². The van der Waals surface area contributed by atoms with Crippen LogP contribution in [-0.2, 0) is 6.42 Å². The first kappa shape index (κ1) is 18.1. The summed E-state index contributed by atoms with van der Waals surface area (Å²) in [7, 11) is 0. The Bertz CT molecular complexity index is 710. The van der Waals surface area contributed by atoms with Crippen molar-refractivity contribution in [3.8, 4) is 0 Å². The number of anilines is 1. The van der Waals surface area contributed by atoms with E-state index in [1.165, 1.54) is 11.1 Å². The van der Waals surface area contributed by atoms with Crippen LogP contribution in [0.2, 0.25) is 0 Å². The monoisotopic (exact) mass is 340 g/mol. The molecule has 2 aromatic carbocycles. The highest BCUT2D eigenvalue weighted by atomic mass is 32.1. The summed E-state index contributed by atoms with van der Waals surface area (Å²) in [6, 6.07) is 15.6. The van der Waals surface area contributed by atoms with Crippen molar-refractivity contribution >= 4 is 28.9 Å². The van der Waals surface area contributed by atoms with Crippen molar-refractivity contribution in [1.29, 1.82) is 0 Å². The summed E-state index contributed by atoms with van der Waals surface area (Å²) in [5.41, 5.74) is 3.95. The Balaban J connectivity index is 2.04. The fraction of sp³-hybridized carbons (Fsp3) is 0.300. The average Bonchev–Trinajstić information content (AvgIpc) is 2.61. The number of benzene rings is 2. The maximum Gasteiger partial charge on any atom is 0.257 e. The van der Waals surface area contributed by atoms with E-state index in [0.29, 0.717) is 16.6 Å². The normalized spacial score (nSPS) is 11.6. The van der Waals surface area contributed by atoms with Crippen molar-refractivity contribution in [3.63, 3.8) is 0 Å². The first-order valence-electron chi connectivity index (χ1n) is 8.35. The fourth-order valence-electron chi connectivity index (χ4n) is 2.48. The lowest BCUT2D eigenvalue weighted by Gasteiger charge is -2.17. The summed E-state index contributed by atoms with van der Waals surface area (Å²) < 4.78 is 0. The van der Waals surface area contributed by atoms with Crippen LogP contribution in [0.25, 0.3) is 0 Å². The third kappa shape index (κ3) is 4.65. The van der Waals surface area contributed by atoms with E-state index in [2.05, 4.69) is 37.5 Å². The predicted molar refractivity (Wildman–Crippen MR) is 105 cm³/mol. The van der Waals surface area contributed by atoms with Gasteiger partial charge in [-0.3, -0.25) is 10.1 Å². The Morgan fingerprint density at radius 3 is 2.38 bits per heavy atom. The molecule has 0 fully saturated rings. The minimum Gasteiger partial charge on any atom is -0.332 e. The molecule has 0 aliphatic carbocycles. The van der Waals surface area contributed by atoms with Crippen molar-refractivity contribution in [2.45, 2.75) is 39.5 Å². The topological polar surface area (TPSA) is 41.1 Å². The molecule has 0 aromatic heterocycles. The van der Waals surface area contributed by atoms with E-state index < -0.39 is 0 Å². The molecule has 0 unspecified atom stereocenters. The van der Waals surface area contributed by atoms with Gasteiger partial charge in [-0.1, -0.05) is 51.1 Å². The zero-order valence-corrected chi connectivity index (χ0v) is 15.2. The first-order chi connectivity index (χ1) is 11.5. The molecule has 0 spiro atoms. The van der Waals surface area contributed by atoms with Crippen LogP contribution in [0.4, 0.5) is 5.69 Å². The summed E-state index contributed by atoms with van der Waals surface area (Å²) in [5, 5.41) is 6.21. The van der Waals surface area contributed by atoms with Crippen LogP contribution < -0.4 is 10.6 Å². The van der Waals surface area contributed by atoms with Gasteiger partial charge in [0.1, 0.15) is 0 Å². The molecule has 126 valence electrons. The summed E-state index contributed by atoms with van der Waals surface area (Å²) in [6.07, 6.45) is 2.00.